The highest BCUT2D eigenvalue weighted by atomic mass is 16.6. The van der Waals surface area contributed by atoms with Crippen LogP contribution in [0.2, 0.25) is 0 Å². The molecule has 33 heteroatoms. The number of hydrogen-bond donors (Lipinski definition) is 4. The number of amides is 2. The fourth-order valence-corrected chi connectivity index (χ4v) is 17.5. The fraction of sp³-hybridized carbons (Fsp3) is 0.660. The quantitative estimate of drug-likeness (QED) is 0.0123. The molecule has 7 heterocycles. The summed E-state index contributed by atoms with van der Waals surface area (Å²) in [6.07, 6.45) is 14.2. The van der Waals surface area contributed by atoms with Gasteiger partial charge in [-0.15, -0.1) is 0 Å². The Bertz CT molecular complexity index is 4460. The molecule has 1 aliphatic carbocycles. The molecular formula is C94H137N9O24. The van der Waals surface area contributed by atoms with Gasteiger partial charge in [-0.2, -0.15) is 10.1 Å². The minimum Gasteiger partial charge on any atom is -0.460 e. The molecule has 1 saturated carbocycles. The number of aliphatic hydroxyl groups excluding tert-OH is 1. The molecule has 6 N–H and O–H groups in total. The Hall–Kier alpha value is -8.36. The van der Waals surface area contributed by atoms with Crippen LogP contribution in [0.1, 0.15) is 155 Å². The van der Waals surface area contributed by atoms with E-state index in [1.807, 2.05) is 98.9 Å². The number of aromatic nitrogens is 5. The first-order chi connectivity index (χ1) is 61.3. The molecule has 127 heavy (non-hydrogen) atoms. The van der Waals surface area contributed by atoms with Crippen LogP contribution < -0.4 is 11.5 Å². The summed E-state index contributed by atoms with van der Waals surface area (Å²) in [5.41, 5.74) is 20.0. The third-order valence-corrected chi connectivity index (χ3v) is 24.9. The lowest BCUT2D eigenvalue weighted by molar-refractivity contribution is -0.265. The number of hydrogen-bond acceptors (Lipinski definition) is 30. The third-order valence-electron chi connectivity index (χ3n) is 24.9. The zero-order chi connectivity index (χ0) is 90.9. The van der Waals surface area contributed by atoms with E-state index >= 15 is 0 Å². The van der Waals surface area contributed by atoms with E-state index in [9.17, 15) is 39.0 Å². The Balaban J connectivity index is 0.563. The Kier molecular flexibility index (Phi) is 40.7. The number of nitrogens with zero attached hydrogens (tertiary/aromatic N) is 7. The Morgan fingerprint density at radius 3 is 2.03 bits per heavy atom. The number of ether oxygens (including phenoxy) is 15. The number of ketones is 2. The van der Waals surface area contributed by atoms with Crippen LogP contribution in [-0.4, -0.2) is 288 Å². The van der Waals surface area contributed by atoms with Crippen LogP contribution in [0, 0.1) is 35.5 Å². The smallest absolute Gasteiger partial charge is 0.329 e. The normalized spacial score (nSPS) is 27.6. The van der Waals surface area contributed by atoms with Crippen molar-refractivity contribution in [2.75, 3.05) is 159 Å². The minimum absolute atomic E-state index is 0.0104. The molecular weight excluding hydrogens is 1640 g/mol. The maximum Gasteiger partial charge on any atom is 0.329 e. The van der Waals surface area contributed by atoms with Crippen LogP contribution in [0.3, 0.4) is 0 Å². The molecule has 2 aromatic carbocycles. The van der Waals surface area contributed by atoms with Crippen molar-refractivity contribution in [1.82, 2.24) is 34.5 Å². The molecule has 0 spiro atoms. The molecule has 10 rings (SSSR count). The van der Waals surface area contributed by atoms with E-state index in [-0.39, 0.29) is 86.4 Å². The lowest BCUT2D eigenvalue weighted by atomic mass is 9.78. The van der Waals surface area contributed by atoms with Gasteiger partial charge < -0.3 is 107 Å². The second kappa shape index (κ2) is 51.3. The van der Waals surface area contributed by atoms with E-state index in [0.717, 1.165) is 22.3 Å². The van der Waals surface area contributed by atoms with Crippen molar-refractivity contribution in [1.29, 1.82) is 0 Å². The van der Waals surface area contributed by atoms with Gasteiger partial charge in [0.25, 0.3) is 17.7 Å². The molecule has 33 nitrogen and oxygen atoms in total. The lowest BCUT2D eigenvalue weighted by Gasteiger charge is -2.43. The fourth-order valence-electron chi connectivity index (χ4n) is 17.5. The Morgan fingerprint density at radius 2 is 1.36 bits per heavy atom. The van der Waals surface area contributed by atoms with Gasteiger partial charge in [0.15, 0.2) is 17.0 Å². The number of piperidine rings is 1. The van der Waals surface area contributed by atoms with E-state index < -0.39 is 90.2 Å². The van der Waals surface area contributed by atoms with E-state index in [1.165, 1.54) is 23.9 Å². The van der Waals surface area contributed by atoms with Crippen molar-refractivity contribution in [3.8, 4) is 11.3 Å². The second-order valence-electron chi connectivity index (χ2n) is 34.3. The summed E-state index contributed by atoms with van der Waals surface area (Å²) >= 11 is 0. The molecule has 2 amide bonds. The highest BCUT2D eigenvalue weighted by Crippen LogP contribution is 2.40. The first-order valence-electron chi connectivity index (χ1n) is 45.1. The lowest BCUT2D eigenvalue weighted by Crippen LogP contribution is -2.61. The van der Waals surface area contributed by atoms with Crippen molar-refractivity contribution in [2.24, 2.45) is 35.5 Å². The average molecular weight is 1780 g/mol. The summed E-state index contributed by atoms with van der Waals surface area (Å²) in [6.45, 7) is 20.3. The van der Waals surface area contributed by atoms with Crippen LogP contribution in [0.15, 0.2) is 94.7 Å². The van der Waals surface area contributed by atoms with Crippen molar-refractivity contribution >= 4 is 69.3 Å². The third kappa shape index (κ3) is 29.3. The molecule has 3 aromatic heterocycles. The molecule has 5 aliphatic rings. The highest BCUT2D eigenvalue weighted by molar-refractivity contribution is 6.39. The molecule has 16 atom stereocenters. The van der Waals surface area contributed by atoms with Gasteiger partial charge in [-0.1, -0.05) is 89.3 Å². The number of fused-ring (bicyclic) bond motifs is 6. The molecule has 0 radical (unpaired) electrons. The van der Waals surface area contributed by atoms with E-state index in [2.05, 4.69) is 27.1 Å². The van der Waals surface area contributed by atoms with Crippen molar-refractivity contribution in [2.45, 2.75) is 219 Å². The highest BCUT2D eigenvalue weighted by Gasteiger charge is 2.53. The maximum atomic E-state index is 14.9. The summed E-state index contributed by atoms with van der Waals surface area (Å²) in [6, 6.07) is 10.7. The number of carbonyl (C=O) groups excluding carboxylic acids is 6. The van der Waals surface area contributed by atoms with Crippen LogP contribution >= 0.6 is 0 Å². The number of oxazole rings is 1. The van der Waals surface area contributed by atoms with Gasteiger partial charge in [-0.25, -0.2) is 19.4 Å². The first-order valence-corrected chi connectivity index (χ1v) is 45.1. The summed E-state index contributed by atoms with van der Waals surface area (Å²) < 4.78 is 95.2. The number of nitrogen functional groups attached to an aromatic ring is 2. The average Bonchev–Trinajstić information content (AvgIpc) is 1.67. The molecule has 3 fully saturated rings. The zero-order valence-corrected chi connectivity index (χ0v) is 76.1. The van der Waals surface area contributed by atoms with Crippen LogP contribution in [0.4, 0.5) is 11.8 Å². The van der Waals surface area contributed by atoms with Gasteiger partial charge in [0, 0.05) is 97.3 Å². The van der Waals surface area contributed by atoms with Gasteiger partial charge in [0.05, 0.1) is 129 Å². The van der Waals surface area contributed by atoms with Gasteiger partial charge in [0.1, 0.15) is 60.4 Å². The molecule has 2 bridgehead atoms. The van der Waals surface area contributed by atoms with Crippen molar-refractivity contribution < 1.29 is 114 Å². The second-order valence-corrected chi connectivity index (χ2v) is 34.3. The number of anilines is 2. The van der Waals surface area contributed by atoms with Crippen LogP contribution in [-0.2, 0) is 119 Å². The van der Waals surface area contributed by atoms with Crippen LogP contribution in [0.25, 0.3) is 33.4 Å². The summed E-state index contributed by atoms with van der Waals surface area (Å²) in [4.78, 5) is 101. The van der Waals surface area contributed by atoms with Crippen LogP contribution in [0.5, 0.6) is 0 Å². The Morgan fingerprint density at radius 1 is 0.685 bits per heavy atom. The van der Waals surface area contributed by atoms with Gasteiger partial charge in [-0.3, -0.25) is 24.0 Å². The molecule has 5 aromatic rings. The summed E-state index contributed by atoms with van der Waals surface area (Å²) in [5.74, 6) is -7.39. The SMILES string of the molecule is CO[C@H]1C[C@@H]2CC[C@@H](C)[C@@](O)(O2)C(=O)C(=O)N2CCCC[C@H]2C(=O)O[C@H]([C@H](C)C[C@@H]2CC[C@@H](OC(=O)CCCOCCOCCOCCOCCOCCOCCOCCOCC(=O)N3CCc4cc(Cn5nc(-c6ccc7oc(N)nc7c6)c6c(N)ncnc65)ccc4C3)[C@H](OC)C2)C[C@@H](OC)[C@H](C)/C=C(\C)[C@@H](O)[C@@H](OC)C(=O)[C@H](C)C[C@H](C)/C=C/C=C/C=C/1C. The zero-order valence-electron chi connectivity index (χ0n) is 76.1. The number of Topliss-reactive ketones (excluding diaryl/α,β-unsaturated/α-hetero) is 2. The monoisotopic (exact) mass is 1780 g/mol. The predicted molar refractivity (Wildman–Crippen MR) is 472 cm³/mol. The van der Waals surface area contributed by atoms with E-state index in [0.29, 0.717) is 228 Å². The topological polar surface area (TPSA) is 409 Å². The number of nitrogens with two attached hydrogens (primary N) is 2. The number of benzene rings is 2. The number of aliphatic hydroxyl groups is 2. The number of cyclic esters (lactones) is 1. The maximum absolute atomic E-state index is 14.9. The van der Waals surface area contributed by atoms with E-state index in [1.54, 1.807) is 41.2 Å². The number of carbonyl (C=O) groups is 6. The number of allylic oxidation sites excluding steroid dienone is 5. The minimum atomic E-state index is -2.45. The van der Waals surface area contributed by atoms with Gasteiger partial charge >= 0.3 is 11.9 Å². The van der Waals surface area contributed by atoms with Crippen molar-refractivity contribution in [3.05, 3.63) is 107 Å². The van der Waals surface area contributed by atoms with Crippen molar-refractivity contribution in [3.63, 3.8) is 0 Å². The van der Waals surface area contributed by atoms with E-state index in [4.69, 9.17) is 92.0 Å². The molecule has 2 saturated heterocycles. The molecule has 4 aliphatic heterocycles. The predicted octanol–water partition coefficient (Wildman–Crippen LogP) is 9.84. The number of rotatable bonds is 38. The largest absolute Gasteiger partial charge is 0.460 e. The van der Waals surface area contributed by atoms with Gasteiger partial charge in [-0.05, 0) is 155 Å². The molecule has 702 valence electrons. The summed E-state index contributed by atoms with van der Waals surface area (Å²) in [7, 11) is 6.18. The Labute approximate surface area is 745 Å². The molecule has 0 unspecified atom stereocenters. The number of esters is 2. The first kappa shape index (κ1) is 101. The standard InChI is InChI=1S/C94H137N9O24/c1-60-18-13-12-14-19-61(2)77(112-8)54-72-27-22-66(7)94(111,127-72)88(108)91(109)102-31-16-15-20-74(102)92(110)125-79(55-78(113-9)62(3)49-65(6)86(107)87(115-11)85(106)64(5)48-60)63(4)50-67-24-28-76(80(52-67)114-10)124-82(105)21-17-33-116-34-35-117-36-37-118-38-39-119-40-41-120-42-43-121-44-45-122-46-47-123-58-81(104)101-32-30-69-51-68(23-25-71(69)57-101)56-103-90-83(89(95)97-59-98-90)84(100-103)70-26-29-75-73(53-70)99-93(96)126-75/h12-14,18-19,23,25-26,29,49,51,53,59-60,62-64,66-67,72,74,76-80,86-87,107,111H,15-17,20-22,24,27-28,30-48,50,52,54-58H2,1-11H3,(H2,96,99)(H2,95,97,98)/b14-12+,18-13+,61-19+,65-49+/t60-,62-,63-,64-,66-,67+,72+,74+,76-,77+,78-,79+,80-,86-,87+,94-/m1/s1. The number of methoxy groups -OCH3 is 4. The van der Waals surface area contributed by atoms with Gasteiger partial charge in [0.2, 0.25) is 11.7 Å². The summed E-state index contributed by atoms with van der Waals surface area (Å²) in [5, 5.41) is 29.6.